The molecule has 0 aliphatic heterocycles. The van der Waals surface area contributed by atoms with Gasteiger partial charge in [0.25, 0.3) is 0 Å². The topological polar surface area (TPSA) is 56.5 Å². The van der Waals surface area contributed by atoms with Gasteiger partial charge in [0.05, 0.1) is 30.6 Å². The first-order valence-electron chi connectivity index (χ1n) is 6.62. The molecule has 1 heterocycles. The van der Waals surface area contributed by atoms with Crippen LogP contribution in [0, 0.1) is 0 Å². The van der Waals surface area contributed by atoms with Crippen molar-refractivity contribution in [3.63, 3.8) is 0 Å². The second-order valence-corrected chi connectivity index (χ2v) is 5.78. The summed E-state index contributed by atoms with van der Waals surface area (Å²) in [6.45, 7) is 4.03. The van der Waals surface area contributed by atoms with Gasteiger partial charge >= 0.3 is 0 Å². The van der Waals surface area contributed by atoms with E-state index in [4.69, 9.17) is 9.47 Å². The quantitative estimate of drug-likeness (QED) is 0.894. The number of hydrogen-bond acceptors (Lipinski definition) is 4. The number of aliphatic hydroxyl groups excluding tert-OH is 1. The number of benzene rings is 1. The SMILES string of the molecule is COc1ccc(C(O)c2c(Br)cnn2C(C)C)c(OC)c1. The molecule has 21 heavy (non-hydrogen) atoms. The molecule has 0 radical (unpaired) electrons. The molecule has 1 N–H and O–H groups in total. The molecule has 1 atom stereocenters. The Bertz CT molecular complexity index is 625. The van der Waals surface area contributed by atoms with Crippen LogP contribution >= 0.6 is 15.9 Å². The summed E-state index contributed by atoms with van der Waals surface area (Å²) in [4.78, 5) is 0. The van der Waals surface area contributed by atoms with Crippen molar-refractivity contribution in [1.82, 2.24) is 9.78 Å². The molecule has 1 aromatic carbocycles. The van der Waals surface area contributed by atoms with Gasteiger partial charge in [-0.1, -0.05) is 0 Å². The molecular formula is C15H19BrN2O3. The Hall–Kier alpha value is -1.53. The minimum Gasteiger partial charge on any atom is -0.497 e. The molecule has 5 nitrogen and oxygen atoms in total. The molecule has 0 spiro atoms. The normalized spacial score (nSPS) is 12.5. The summed E-state index contributed by atoms with van der Waals surface area (Å²) in [5, 5.41) is 15.1. The first-order chi connectivity index (χ1) is 9.99. The molecule has 2 rings (SSSR count). The number of aromatic nitrogens is 2. The van der Waals surface area contributed by atoms with Crippen molar-refractivity contribution in [2.75, 3.05) is 14.2 Å². The predicted molar refractivity (Wildman–Crippen MR) is 83.9 cm³/mol. The van der Waals surface area contributed by atoms with Crippen molar-refractivity contribution in [3.05, 3.63) is 40.1 Å². The predicted octanol–water partition coefficient (Wildman–Crippen LogP) is 3.33. The van der Waals surface area contributed by atoms with E-state index in [-0.39, 0.29) is 6.04 Å². The molecular weight excluding hydrogens is 336 g/mol. The van der Waals surface area contributed by atoms with Crippen molar-refractivity contribution in [2.24, 2.45) is 0 Å². The summed E-state index contributed by atoms with van der Waals surface area (Å²) in [6.07, 6.45) is 0.847. The van der Waals surface area contributed by atoms with Crippen LogP contribution in [-0.2, 0) is 0 Å². The molecule has 0 aliphatic rings. The molecule has 2 aromatic rings. The van der Waals surface area contributed by atoms with Crippen molar-refractivity contribution >= 4 is 15.9 Å². The van der Waals surface area contributed by atoms with Gasteiger partial charge < -0.3 is 14.6 Å². The third-order valence-electron chi connectivity index (χ3n) is 3.27. The minimum atomic E-state index is -0.842. The Morgan fingerprint density at radius 1 is 1.24 bits per heavy atom. The minimum absolute atomic E-state index is 0.144. The Balaban J connectivity index is 2.49. The molecule has 1 unspecified atom stereocenters. The zero-order valence-corrected chi connectivity index (χ0v) is 14.1. The highest BCUT2D eigenvalue weighted by atomic mass is 79.9. The zero-order chi connectivity index (χ0) is 15.6. The van der Waals surface area contributed by atoms with Gasteiger partial charge in [0.1, 0.15) is 17.6 Å². The van der Waals surface area contributed by atoms with Crippen molar-refractivity contribution < 1.29 is 14.6 Å². The van der Waals surface area contributed by atoms with E-state index < -0.39 is 6.10 Å². The lowest BCUT2D eigenvalue weighted by atomic mass is 10.0. The van der Waals surface area contributed by atoms with E-state index in [1.54, 1.807) is 43.3 Å². The largest absolute Gasteiger partial charge is 0.497 e. The maximum Gasteiger partial charge on any atom is 0.128 e. The lowest BCUT2D eigenvalue weighted by Crippen LogP contribution is -2.13. The van der Waals surface area contributed by atoms with E-state index in [0.717, 1.165) is 4.47 Å². The molecule has 0 fully saturated rings. The summed E-state index contributed by atoms with van der Waals surface area (Å²) < 4.78 is 13.1. The number of nitrogens with zero attached hydrogens (tertiary/aromatic N) is 2. The Morgan fingerprint density at radius 2 is 1.95 bits per heavy atom. The summed E-state index contributed by atoms with van der Waals surface area (Å²) in [6, 6.07) is 5.49. The van der Waals surface area contributed by atoms with Crippen molar-refractivity contribution in [1.29, 1.82) is 0 Å². The number of ether oxygens (including phenoxy) is 2. The maximum absolute atomic E-state index is 10.8. The van der Waals surface area contributed by atoms with E-state index >= 15 is 0 Å². The van der Waals surface area contributed by atoms with Crippen LogP contribution in [0.4, 0.5) is 0 Å². The average molecular weight is 355 g/mol. The third kappa shape index (κ3) is 3.06. The third-order valence-corrected chi connectivity index (χ3v) is 3.88. The van der Waals surface area contributed by atoms with Gasteiger partial charge in [-0.25, -0.2) is 0 Å². The van der Waals surface area contributed by atoms with Crippen LogP contribution in [-0.4, -0.2) is 29.1 Å². The van der Waals surface area contributed by atoms with E-state index in [9.17, 15) is 5.11 Å². The fourth-order valence-corrected chi connectivity index (χ4v) is 2.70. The van der Waals surface area contributed by atoms with E-state index in [0.29, 0.717) is 22.8 Å². The molecule has 0 amide bonds. The number of methoxy groups -OCH3 is 2. The highest BCUT2D eigenvalue weighted by molar-refractivity contribution is 9.10. The lowest BCUT2D eigenvalue weighted by molar-refractivity contribution is 0.199. The van der Waals surface area contributed by atoms with E-state index in [2.05, 4.69) is 21.0 Å². The fraction of sp³-hybridized carbons (Fsp3) is 0.400. The highest BCUT2D eigenvalue weighted by Gasteiger charge is 2.24. The van der Waals surface area contributed by atoms with Gasteiger partial charge in [-0.2, -0.15) is 5.10 Å². The van der Waals surface area contributed by atoms with Crippen LogP contribution in [0.15, 0.2) is 28.9 Å². The van der Waals surface area contributed by atoms with Crippen LogP contribution in [0.1, 0.15) is 37.3 Å². The van der Waals surface area contributed by atoms with Crippen LogP contribution in [0.25, 0.3) is 0 Å². The maximum atomic E-state index is 10.8. The van der Waals surface area contributed by atoms with Crippen molar-refractivity contribution in [3.8, 4) is 11.5 Å². The summed E-state index contributed by atoms with van der Waals surface area (Å²) in [7, 11) is 3.16. The standard InChI is InChI=1S/C15H19BrN2O3/c1-9(2)18-14(12(16)8-17-18)15(19)11-6-5-10(20-3)7-13(11)21-4/h5-9,15,19H,1-4H3. The van der Waals surface area contributed by atoms with Crippen molar-refractivity contribution in [2.45, 2.75) is 26.0 Å². The number of hydrogen-bond donors (Lipinski definition) is 1. The Morgan fingerprint density at radius 3 is 2.52 bits per heavy atom. The van der Waals surface area contributed by atoms with Crippen LogP contribution in [0.5, 0.6) is 11.5 Å². The molecule has 0 saturated heterocycles. The number of halogens is 1. The smallest absolute Gasteiger partial charge is 0.128 e. The molecule has 0 bridgehead atoms. The average Bonchev–Trinajstić information content (AvgIpc) is 2.87. The molecule has 0 aliphatic carbocycles. The second-order valence-electron chi connectivity index (χ2n) is 4.93. The van der Waals surface area contributed by atoms with E-state index in [1.807, 2.05) is 13.8 Å². The monoisotopic (exact) mass is 354 g/mol. The highest BCUT2D eigenvalue weighted by Crippen LogP contribution is 2.36. The molecule has 114 valence electrons. The van der Waals surface area contributed by atoms with Gasteiger partial charge in [-0.15, -0.1) is 0 Å². The van der Waals surface area contributed by atoms with Crippen LogP contribution in [0.2, 0.25) is 0 Å². The molecule has 0 saturated carbocycles. The van der Waals surface area contributed by atoms with Gasteiger partial charge in [-0.05, 0) is 41.9 Å². The first kappa shape index (κ1) is 15.9. The first-order valence-corrected chi connectivity index (χ1v) is 7.41. The van der Waals surface area contributed by atoms with Gasteiger partial charge in [0.2, 0.25) is 0 Å². The van der Waals surface area contributed by atoms with Gasteiger partial charge in [0, 0.05) is 17.7 Å². The fourth-order valence-electron chi connectivity index (χ4n) is 2.21. The number of aliphatic hydroxyl groups is 1. The van der Waals surface area contributed by atoms with Gasteiger partial charge in [0.15, 0.2) is 0 Å². The summed E-state index contributed by atoms with van der Waals surface area (Å²) >= 11 is 3.45. The second kappa shape index (κ2) is 6.49. The lowest BCUT2D eigenvalue weighted by Gasteiger charge is -2.19. The van der Waals surface area contributed by atoms with E-state index in [1.165, 1.54) is 0 Å². The Kier molecular flexibility index (Phi) is 4.90. The van der Waals surface area contributed by atoms with Gasteiger partial charge in [-0.3, -0.25) is 4.68 Å². The van der Waals surface area contributed by atoms with Crippen LogP contribution in [0.3, 0.4) is 0 Å². The summed E-state index contributed by atoms with van der Waals surface area (Å²) in [5.41, 5.74) is 1.37. The summed E-state index contributed by atoms with van der Waals surface area (Å²) in [5.74, 6) is 1.25. The Labute approximate surface area is 132 Å². The van der Waals surface area contributed by atoms with Crippen LogP contribution < -0.4 is 9.47 Å². The molecule has 6 heteroatoms. The zero-order valence-electron chi connectivity index (χ0n) is 12.5. The molecule has 1 aromatic heterocycles. The number of rotatable bonds is 5.